The molecule has 0 aromatic heterocycles. The molecule has 0 radical (unpaired) electrons. The van der Waals surface area contributed by atoms with Crippen molar-refractivity contribution in [2.75, 3.05) is 20.1 Å². The zero-order valence-electron chi connectivity index (χ0n) is 12.1. The van der Waals surface area contributed by atoms with Gasteiger partial charge in [0.25, 0.3) is 0 Å². The number of thiocarbonyl (C=S) groups is 1. The molecule has 2 unspecified atom stereocenters. The Balaban J connectivity index is 1.99. The van der Waals surface area contributed by atoms with E-state index >= 15 is 0 Å². The van der Waals surface area contributed by atoms with Crippen LogP contribution < -0.4 is 11.1 Å². The molecule has 1 saturated heterocycles. The van der Waals surface area contributed by atoms with E-state index in [2.05, 4.69) is 31.1 Å². The maximum absolute atomic E-state index is 12.5. The van der Waals surface area contributed by atoms with E-state index in [1.54, 1.807) is 0 Å². The zero-order chi connectivity index (χ0) is 14.2. The van der Waals surface area contributed by atoms with Crippen LogP contribution >= 0.6 is 12.2 Å². The van der Waals surface area contributed by atoms with Crippen molar-refractivity contribution < 1.29 is 4.79 Å². The summed E-state index contributed by atoms with van der Waals surface area (Å²) in [4.78, 5) is 15.2. The molecule has 2 rings (SSSR count). The van der Waals surface area contributed by atoms with Crippen molar-refractivity contribution in [1.29, 1.82) is 0 Å². The smallest absolute Gasteiger partial charge is 0.233 e. The fourth-order valence-corrected chi connectivity index (χ4v) is 3.76. The van der Waals surface area contributed by atoms with Gasteiger partial charge in [0, 0.05) is 12.6 Å². The monoisotopic (exact) mass is 283 g/mol. The Bertz CT molecular complexity index is 379. The lowest BCUT2D eigenvalue weighted by Gasteiger charge is -2.46. The van der Waals surface area contributed by atoms with Gasteiger partial charge in [0.1, 0.15) is 0 Å². The Labute approximate surface area is 121 Å². The van der Waals surface area contributed by atoms with Crippen molar-refractivity contribution >= 4 is 23.1 Å². The molecule has 2 fully saturated rings. The van der Waals surface area contributed by atoms with Crippen molar-refractivity contribution in [1.82, 2.24) is 10.2 Å². The van der Waals surface area contributed by atoms with Crippen LogP contribution in [0.2, 0.25) is 0 Å². The van der Waals surface area contributed by atoms with Gasteiger partial charge in [-0.15, -0.1) is 0 Å². The van der Waals surface area contributed by atoms with E-state index in [0.717, 1.165) is 32.4 Å². The molecule has 0 spiro atoms. The SMILES string of the molecule is CC1CC(C(=O)NC2CCN(C)CC2C)(C(N)=S)C1. The summed E-state index contributed by atoms with van der Waals surface area (Å²) in [6.07, 6.45) is 2.61. The van der Waals surface area contributed by atoms with Gasteiger partial charge in [0.2, 0.25) is 5.91 Å². The molecule has 1 heterocycles. The zero-order valence-corrected chi connectivity index (χ0v) is 12.9. The highest BCUT2D eigenvalue weighted by Gasteiger charge is 2.51. The highest BCUT2D eigenvalue weighted by Crippen LogP contribution is 2.46. The van der Waals surface area contributed by atoms with E-state index in [-0.39, 0.29) is 11.9 Å². The Kier molecular flexibility index (Phi) is 4.16. The van der Waals surface area contributed by atoms with Crippen LogP contribution in [0.3, 0.4) is 0 Å². The molecular formula is C14H25N3OS. The first kappa shape index (κ1) is 14.7. The number of nitrogens with two attached hydrogens (primary N) is 1. The lowest BCUT2D eigenvalue weighted by atomic mass is 9.61. The molecule has 108 valence electrons. The van der Waals surface area contributed by atoms with Gasteiger partial charge < -0.3 is 16.0 Å². The van der Waals surface area contributed by atoms with Crippen molar-refractivity contribution in [2.45, 2.75) is 39.2 Å². The molecule has 1 aliphatic heterocycles. The number of amides is 1. The van der Waals surface area contributed by atoms with E-state index in [1.807, 2.05) is 0 Å². The van der Waals surface area contributed by atoms with Crippen LogP contribution in [-0.4, -0.2) is 42.0 Å². The number of likely N-dealkylation sites (tertiary alicyclic amines) is 1. The normalized spacial score (nSPS) is 39.4. The highest BCUT2D eigenvalue weighted by molar-refractivity contribution is 7.80. The number of nitrogens with zero attached hydrogens (tertiary/aromatic N) is 1. The Morgan fingerprint density at radius 3 is 2.53 bits per heavy atom. The lowest BCUT2D eigenvalue weighted by molar-refractivity contribution is -0.134. The molecule has 0 aromatic carbocycles. The van der Waals surface area contributed by atoms with Crippen LogP contribution in [0.15, 0.2) is 0 Å². The first-order chi connectivity index (χ1) is 8.85. The van der Waals surface area contributed by atoms with Crippen molar-refractivity contribution in [3.63, 3.8) is 0 Å². The van der Waals surface area contributed by atoms with E-state index in [0.29, 0.717) is 16.8 Å². The predicted octanol–water partition coefficient (Wildman–Crippen LogP) is 1.15. The van der Waals surface area contributed by atoms with Gasteiger partial charge in [0.15, 0.2) is 0 Å². The topological polar surface area (TPSA) is 58.4 Å². The molecule has 19 heavy (non-hydrogen) atoms. The second-order valence-electron chi connectivity index (χ2n) is 6.57. The number of piperidine rings is 1. The van der Waals surface area contributed by atoms with Crippen LogP contribution in [0.4, 0.5) is 0 Å². The van der Waals surface area contributed by atoms with Crippen molar-refractivity contribution in [2.24, 2.45) is 23.0 Å². The summed E-state index contributed by atoms with van der Waals surface area (Å²) >= 11 is 5.13. The van der Waals surface area contributed by atoms with Crippen LogP contribution in [0.1, 0.15) is 33.1 Å². The number of carbonyl (C=O) groups is 1. The number of hydrogen-bond acceptors (Lipinski definition) is 3. The number of rotatable bonds is 3. The summed E-state index contributed by atoms with van der Waals surface area (Å²) in [6.45, 7) is 6.40. The predicted molar refractivity (Wildman–Crippen MR) is 80.8 cm³/mol. The molecule has 2 atom stereocenters. The average molecular weight is 283 g/mol. The quantitative estimate of drug-likeness (QED) is 0.763. The fourth-order valence-electron chi connectivity index (χ4n) is 3.50. The van der Waals surface area contributed by atoms with E-state index < -0.39 is 5.41 Å². The van der Waals surface area contributed by atoms with Crippen LogP contribution in [0, 0.1) is 17.3 Å². The summed E-state index contributed by atoms with van der Waals surface area (Å²) in [7, 11) is 2.12. The first-order valence-corrected chi connectivity index (χ1v) is 7.55. The van der Waals surface area contributed by atoms with Gasteiger partial charge >= 0.3 is 0 Å². The number of nitrogens with one attached hydrogen (secondary N) is 1. The lowest BCUT2D eigenvalue weighted by Crippen LogP contribution is -2.59. The molecule has 0 aromatic rings. The first-order valence-electron chi connectivity index (χ1n) is 7.14. The Hall–Kier alpha value is -0.680. The van der Waals surface area contributed by atoms with Gasteiger partial charge in [0.05, 0.1) is 10.4 Å². The highest BCUT2D eigenvalue weighted by atomic mass is 32.1. The number of carbonyl (C=O) groups excluding carboxylic acids is 1. The largest absolute Gasteiger partial charge is 0.392 e. The molecule has 4 nitrogen and oxygen atoms in total. The summed E-state index contributed by atoms with van der Waals surface area (Å²) < 4.78 is 0. The standard InChI is InChI=1S/C14H25N3OS/c1-9-6-14(7-9,12(15)19)13(18)16-11-4-5-17(3)8-10(11)2/h9-11H,4-8H2,1-3H3,(H2,15,19)(H,16,18). The van der Waals surface area contributed by atoms with Crippen LogP contribution in [0.25, 0.3) is 0 Å². The fraction of sp³-hybridized carbons (Fsp3) is 0.857. The molecule has 5 heteroatoms. The van der Waals surface area contributed by atoms with Gasteiger partial charge in [-0.2, -0.15) is 0 Å². The summed E-state index contributed by atoms with van der Waals surface area (Å²) in [5.41, 5.74) is 5.25. The summed E-state index contributed by atoms with van der Waals surface area (Å²) in [5.74, 6) is 1.07. The third-order valence-corrected chi connectivity index (χ3v) is 5.12. The molecular weight excluding hydrogens is 258 g/mol. The second kappa shape index (κ2) is 5.37. The van der Waals surface area contributed by atoms with Crippen LogP contribution in [-0.2, 0) is 4.79 Å². The van der Waals surface area contributed by atoms with E-state index in [9.17, 15) is 4.79 Å². The maximum Gasteiger partial charge on any atom is 0.233 e. The molecule has 1 aliphatic carbocycles. The molecule has 1 amide bonds. The van der Waals surface area contributed by atoms with Gasteiger partial charge in [-0.3, -0.25) is 4.79 Å². The van der Waals surface area contributed by atoms with E-state index in [4.69, 9.17) is 18.0 Å². The Morgan fingerprint density at radius 1 is 1.42 bits per heavy atom. The maximum atomic E-state index is 12.5. The van der Waals surface area contributed by atoms with Crippen molar-refractivity contribution in [3.05, 3.63) is 0 Å². The third kappa shape index (κ3) is 2.77. The van der Waals surface area contributed by atoms with Crippen LogP contribution in [0.5, 0.6) is 0 Å². The molecule has 0 bridgehead atoms. The van der Waals surface area contributed by atoms with E-state index in [1.165, 1.54) is 0 Å². The number of hydrogen-bond donors (Lipinski definition) is 2. The molecule has 2 aliphatic rings. The van der Waals surface area contributed by atoms with Crippen molar-refractivity contribution in [3.8, 4) is 0 Å². The minimum Gasteiger partial charge on any atom is -0.392 e. The average Bonchev–Trinajstić information content (AvgIpc) is 2.27. The third-order valence-electron chi connectivity index (χ3n) is 4.73. The Morgan fingerprint density at radius 2 is 2.05 bits per heavy atom. The summed E-state index contributed by atoms with van der Waals surface area (Å²) in [5, 5.41) is 3.20. The van der Waals surface area contributed by atoms with Gasteiger partial charge in [-0.05, 0) is 44.7 Å². The molecule has 3 N–H and O–H groups in total. The van der Waals surface area contributed by atoms with Gasteiger partial charge in [-0.25, -0.2) is 0 Å². The van der Waals surface area contributed by atoms with Gasteiger partial charge in [-0.1, -0.05) is 26.1 Å². The minimum atomic E-state index is -0.572. The summed E-state index contributed by atoms with van der Waals surface area (Å²) in [6, 6.07) is 0.255. The minimum absolute atomic E-state index is 0.0551. The second-order valence-corrected chi connectivity index (χ2v) is 7.01. The molecule has 1 saturated carbocycles.